The van der Waals surface area contributed by atoms with E-state index >= 15 is 0 Å². The number of unbranched alkanes of at least 4 members (excludes halogenated alkanes) is 2. The normalized spacial score (nSPS) is 11.1. The smallest absolute Gasteiger partial charge is 0.0348 e. The zero-order chi connectivity index (χ0) is 13.4. The lowest BCUT2D eigenvalue weighted by Gasteiger charge is -2.16. The third-order valence-corrected chi connectivity index (χ3v) is 3.30. The molecule has 0 radical (unpaired) electrons. The topological polar surface area (TPSA) is 55.3 Å². The number of nitrogen functional groups attached to an aromatic ring is 2. The van der Waals surface area contributed by atoms with Crippen LogP contribution in [0.15, 0.2) is 18.2 Å². The maximum atomic E-state index is 5.94. The van der Waals surface area contributed by atoms with Crippen LogP contribution in [0.3, 0.4) is 0 Å². The molecule has 0 saturated carbocycles. The summed E-state index contributed by atoms with van der Waals surface area (Å²) >= 11 is 0. The molecule has 1 aromatic carbocycles. The van der Waals surface area contributed by atoms with E-state index in [-0.39, 0.29) is 0 Å². The number of nitrogens with two attached hydrogens (primary N) is 2. The third kappa shape index (κ3) is 5.41. The minimum atomic E-state index is 0.801. The maximum Gasteiger partial charge on any atom is 0.0348 e. The summed E-state index contributed by atoms with van der Waals surface area (Å²) in [6.45, 7) is 4.56. The average molecular weight is 249 g/mol. The van der Waals surface area contributed by atoms with Gasteiger partial charge in [-0.3, -0.25) is 0 Å². The van der Waals surface area contributed by atoms with Crippen LogP contribution in [0.2, 0.25) is 0 Å². The van der Waals surface area contributed by atoms with Crippen LogP contribution in [0.1, 0.15) is 38.2 Å². The Kier molecular flexibility index (Phi) is 6.58. The minimum Gasteiger partial charge on any atom is -0.399 e. The first kappa shape index (κ1) is 14.8. The Labute approximate surface area is 111 Å². The van der Waals surface area contributed by atoms with Gasteiger partial charge in [0.1, 0.15) is 0 Å². The molecule has 0 aliphatic carbocycles. The van der Waals surface area contributed by atoms with Crippen LogP contribution >= 0.6 is 0 Å². The molecule has 18 heavy (non-hydrogen) atoms. The van der Waals surface area contributed by atoms with Gasteiger partial charge < -0.3 is 16.4 Å². The number of anilines is 2. The lowest BCUT2D eigenvalue weighted by Crippen LogP contribution is -2.21. The fraction of sp³-hybridized carbons (Fsp3) is 0.600. The zero-order valence-corrected chi connectivity index (χ0v) is 11.8. The van der Waals surface area contributed by atoms with E-state index in [4.69, 9.17) is 11.5 Å². The lowest BCUT2D eigenvalue weighted by molar-refractivity contribution is 0.321. The number of hydrogen-bond acceptors (Lipinski definition) is 3. The lowest BCUT2D eigenvalue weighted by atomic mass is 10.1. The highest BCUT2D eigenvalue weighted by Crippen LogP contribution is 2.17. The molecule has 0 spiro atoms. The van der Waals surface area contributed by atoms with Gasteiger partial charge in [-0.2, -0.15) is 0 Å². The van der Waals surface area contributed by atoms with Crippen LogP contribution in [0, 0.1) is 0 Å². The van der Waals surface area contributed by atoms with Gasteiger partial charge in [0, 0.05) is 11.4 Å². The molecule has 3 heteroatoms. The Hall–Kier alpha value is -1.22. The molecule has 0 atom stereocenters. The molecule has 0 aliphatic heterocycles. The first-order valence-corrected chi connectivity index (χ1v) is 6.96. The van der Waals surface area contributed by atoms with Gasteiger partial charge in [-0.1, -0.05) is 19.8 Å². The molecule has 3 nitrogen and oxygen atoms in total. The predicted octanol–water partition coefficient (Wildman–Crippen LogP) is 2.91. The first-order chi connectivity index (χ1) is 8.63. The maximum absolute atomic E-state index is 5.94. The van der Waals surface area contributed by atoms with Crippen LogP contribution in [0.25, 0.3) is 0 Å². The average Bonchev–Trinajstić information content (AvgIpc) is 2.34. The Bertz CT molecular complexity index is 350. The van der Waals surface area contributed by atoms with Crippen molar-refractivity contribution in [1.29, 1.82) is 0 Å². The Morgan fingerprint density at radius 2 is 1.78 bits per heavy atom. The van der Waals surface area contributed by atoms with Gasteiger partial charge >= 0.3 is 0 Å². The minimum absolute atomic E-state index is 0.801. The highest BCUT2D eigenvalue weighted by atomic mass is 15.1. The second-order valence-electron chi connectivity index (χ2n) is 5.07. The van der Waals surface area contributed by atoms with Gasteiger partial charge in [-0.15, -0.1) is 0 Å². The van der Waals surface area contributed by atoms with Crippen molar-refractivity contribution < 1.29 is 0 Å². The summed E-state index contributed by atoms with van der Waals surface area (Å²) in [6.07, 6.45) is 6.05. The highest BCUT2D eigenvalue weighted by Gasteiger charge is 2.02. The van der Waals surface area contributed by atoms with E-state index in [2.05, 4.69) is 18.9 Å². The van der Waals surface area contributed by atoms with Crippen molar-refractivity contribution in [3.63, 3.8) is 0 Å². The SMILES string of the molecule is CCCCCN(C)CCCc1cc(N)ccc1N. The van der Waals surface area contributed by atoms with Crippen molar-refractivity contribution in [1.82, 2.24) is 4.90 Å². The molecule has 0 amide bonds. The molecule has 102 valence electrons. The summed E-state index contributed by atoms with van der Waals surface area (Å²) in [7, 11) is 2.19. The summed E-state index contributed by atoms with van der Waals surface area (Å²) in [6, 6.07) is 5.75. The second kappa shape index (κ2) is 7.98. The molecule has 0 bridgehead atoms. The van der Waals surface area contributed by atoms with E-state index in [1.54, 1.807) is 0 Å². The molecule has 0 aliphatic rings. The molecule has 0 fully saturated rings. The molecule has 4 N–H and O–H groups in total. The van der Waals surface area contributed by atoms with Crippen LogP contribution < -0.4 is 11.5 Å². The Balaban J connectivity index is 2.26. The Morgan fingerprint density at radius 3 is 2.50 bits per heavy atom. The van der Waals surface area contributed by atoms with Crippen molar-refractivity contribution in [3.05, 3.63) is 23.8 Å². The number of aryl methyl sites for hydroxylation is 1. The number of benzene rings is 1. The van der Waals surface area contributed by atoms with Crippen LogP contribution in [0.5, 0.6) is 0 Å². The van der Waals surface area contributed by atoms with Crippen molar-refractivity contribution >= 4 is 11.4 Å². The van der Waals surface area contributed by atoms with E-state index < -0.39 is 0 Å². The third-order valence-electron chi connectivity index (χ3n) is 3.30. The van der Waals surface area contributed by atoms with Gasteiger partial charge in [0.15, 0.2) is 0 Å². The number of nitrogens with zero attached hydrogens (tertiary/aromatic N) is 1. The largest absolute Gasteiger partial charge is 0.399 e. The van der Waals surface area contributed by atoms with Gasteiger partial charge in [0.05, 0.1) is 0 Å². The van der Waals surface area contributed by atoms with E-state index in [1.807, 2.05) is 18.2 Å². The quantitative estimate of drug-likeness (QED) is 0.550. The monoisotopic (exact) mass is 249 g/mol. The van der Waals surface area contributed by atoms with E-state index in [1.165, 1.54) is 31.4 Å². The predicted molar refractivity (Wildman–Crippen MR) is 80.6 cm³/mol. The zero-order valence-electron chi connectivity index (χ0n) is 11.8. The van der Waals surface area contributed by atoms with Crippen molar-refractivity contribution in [2.45, 2.75) is 39.0 Å². The van der Waals surface area contributed by atoms with E-state index in [0.717, 1.165) is 30.8 Å². The second-order valence-corrected chi connectivity index (χ2v) is 5.07. The van der Waals surface area contributed by atoms with E-state index in [0.29, 0.717) is 0 Å². The Morgan fingerprint density at radius 1 is 1.06 bits per heavy atom. The fourth-order valence-corrected chi connectivity index (χ4v) is 2.13. The standard InChI is InChI=1S/C15H27N3/c1-3-4-5-10-18(2)11-6-7-13-12-14(16)8-9-15(13)17/h8-9,12H,3-7,10-11,16-17H2,1-2H3. The first-order valence-electron chi connectivity index (χ1n) is 6.96. The summed E-state index contributed by atoms with van der Waals surface area (Å²) in [5.41, 5.74) is 14.5. The highest BCUT2D eigenvalue weighted by molar-refractivity contribution is 5.55. The molecule has 0 unspecified atom stereocenters. The molecular weight excluding hydrogens is 222 g/mol. The van der Waals surface area contributed by atoms with E-state index in [9.17, 15) is 0 Å². The van der Waals surface area contributed by atoms with Gasteiger partial charge in [-0.05, 0) is 63.2 Å². The van der Waals surface area contributed by atoms with Crippen molar-refractivity contribution in [2.75, 3.05) is 31.6 Å². The van der Waals surface area contributed by atoms with Crippen LogP contribution in [-0.2, 0) is 6.42 Å². The van der Waals surface area contributed by atoms with Crippen LogP contribution in [0.4, 0.5) is 11.4 Å². The van der Waals surface area contributed by atoms with Crippen molar-refractivity contribution in [3.8, 4) is 0 Å². The molecule has 1 rings (SSSR count). The molecule has 0 saturated heterocycles. The summed E-state index contributed by atoms with van der Waals surface area (Å²) in [4.78, 5) is 2.40. The fourth-order valence-electron chi connectivity index (χ4n) is 2.13. The van der Waals surface area contributed by atoms with Gasteiger partial charge in [-0.25, -0.2) is 0 Å². The van der Waals surface area contributed by atoms with Gasteiger partial charge in [0.25, 0.3) is 0 Å². The van der Waals surface area contributed by atoms with Crippen molar-refractivity contribution in [2.24, 2.45) is 0 Å². The summed E-state index contributed by atoms with van der Waals surface area (Å²) in [5.74, 6) is 0. The van der Waals surface area contributed by atoms with Crippen LogP contribution in [-0.4, -0.2) is 25.0 Å². The summed E-state index contributed by atoms with van der Waals surface area (Å²) in [5, 5.41) is 0. The number of rotatable bonds is 8. The van der Waals surface area contributed by atoms with Gasteiger partial charge in [0.2, 0.25) is 0 Å². The summed E-state index contributed by atoms with van der Waals surface area (Å²) < 4.78 is 0. The molecule has 1 aromatic rings. The molecule has 0 heterocycles. The molecule has 0 aromatic heterocycles. The number of hydrogen-bond donors (Lipinski definition) is 2. The molecular formula is C15H27N3.